The molecule has 0 heterocycles. The summed E-state index contributed by atoms with van der Waals surface area (Å²) in [6.07, 6.45) is 1.07. The van der Waals surface area contributed by atoms with E-state index in [0.717, 1.165) is 29.1 Å². The Morgan fingerprint density at radius 3 is 2.46 bits per heavy atom. The SMILES string of the molecule is CCc1cccc(C)c1NCC(=O)Nc1ccc(OC(C)C)cc1. The molecule has 0 saturated heterocycles. The summed E-state index contributed by atoms with van der Waals surface area (Å²) in [7, 11) is 0. The Balaban J connectivity index is 1.92. The van der Waals surface area contributed by atoms with E-state index in [1.807, 2.05) is 57.2 Å². The van der Waals surface area contributed by atoms with E-state index >= 15 is 0 Å². The molecule has 0 fully saturated rings. The molecule has 2 N–H and O–H groups in total. The molecule has 0 atom stereocenters. The molecule has 0 aromatic heterocycles. The molecule has 0 unspecified atom stereocenters. The van der Waals surface area contributed by atoms with Gasteiger partial charge in [-0.1, -0.05) is 25.1 Å². The van der Waals surface area contributed by atoms with Crippen molar-refractivity contribution < 1.29 is 9.53 Å². The normalized spacial score (nSPS) is 10.5. The number of para-hydroxylation sites is 1. The maximum Gasteiger partial charge on any atom is 0.243 e. The summed E-state index contributed by atoms with van der Waals surface area (Å²) >= 11 is 0. The molecule has 2 aromatic rings. The van der Waals surface area contributed by atoms with Crippen LogP contribution in [0.1, 0.15) is 31.9 Å². The molecule has 1 amide bonds. The first kappa shape index (κ1) is 17.9. The Morgan fingerprint density at radius 2 is 1.83 bits per heavy atom. The summed E-state index contributed by atoms with van der Waals surface area (Å²) in [5.74, 6) is 0.728. The van der Waals surface area contributed by atoms with Gasteiger partial charge in [0.2, 0.25) is 5.91 Å². The van der Waals surface area contributed by atoms with Crippen molar-refractivity contribution in [1.82, 2.24) is 0 Å². The van der Waals surface area contributed by atoms with Gasteiger partial charge in [0.1, 0.15) is 5.75 Å². The molecule has 0 saturated carbocycles. The van der Waals surface area contributed by atoms with Crippen LogP contribution in [0.5, 0.6) is 5.75 Å². The molecule has 4 heteroatoms. The fourth-order valence-corrected chi connectivity index (χ4v) is 2.54. The van der Waals surface area contributed by atoms with Crippen LogP contribution in [0.3, 0.4) is 0 Å². The van der Waals surface area contributed by atoms with Gasteiger partial charge in [-0.3, -0.25) is 4.79 Å². The molecule has 4 nitrogen and oxygen atoms in total. The molecule has 0 bridgehead atoms. The van der Waals surface area contributed by atoms with Crippen molar-refractivity contribution in [2.24, 2.45) is 0 Å². The van der Waals surface area contributed by atoms with Crippen LogP contribution in [-0.2, 0) is 11.2 Å². The molecule has 0 spiro atoms. The molecule has 0 aliphatic carbocycles. The van der Waals surface area contributed by atoms with E-state index in [0.29, 0.717) is 0 Å². The Labute approximate surface area is 144 Å². The van der Waals surface area contributed by atoms with Crippen molar-refractivity contribution in [3.63, 3.8) is 0 Å². The molecule has 0 aliphatic rings. The second kappa shape index (κ2) is 8.39. The van der Waals surface area contributed by atoms with Gasteiger partial charge in [0, 0.05) is 11.4 Å². The molecule has 2 rings (SSSR count). The number of hydrogen-bond donors (Lipinski definition) is 2. The molecular formula is C20H26N2O2. The van der Waals surface area contributed by atoms with Crippen LogP contribution in [0.2, 0.25) is 0 Å². The number of nitrogens with one attached hydrogen (secondary N) is 2. The number of ether oxygens (including phenoxy) is 1. The number of carbonyl (C=O) groups is 1. The first-order chi connectivity index (χ1) is 11.5. The van der Waals surface area contributed by atoms with E-state index in [2.05, 4.69) is 23.6 Å². The highest BCUT2D eigenvalue weighted by molar-refractivity contribution is 5.94. The fraction of sp³-hybridized carbons (Fsp3) is 0.350. The summed E-state index contributed by atoms with van der Waals surface area (Å²) in [4.78, 5) is 12.2. The first-order valence-electron chi connectivity index (χ1n) is 8.38. The van der Waals surface area contributed by atoms with Gasteiger partial charge in [0.15, 0.2) is 0 Å². The fourth-order valence-electron chi connectivity index (χ4n) is 2.54. The number of anilines is 2. The van der Waals surface area contributed by atoms with Crippen molar-refractivity contribution in [1.29, 1.82) is 0 Å². The predicted octanol–water partition coefficient (Wildman–Crippen LogP) is 4.40. The van der Waals surface area contributed by atoms with Crippen molar-refractivity contribution in [3.8, 4) is 5.75 Å². The Bertz CT molecular complexity index is 679. The van der Waals surface area contributed by atoms with Crippen LogP contribution in [0.15, 0.2) is 42.5 Å². The number of carbonyl (C=O) groups excluding carboxylic acids is 1. The second-order valence-corrected chi connectivity index (χ2v) is 6.06. The highest BCUT2D eigenvalue weighted by Gasteiger charge is 2.07. The maximum atomic E-state index is 12.2. The van der Waals surface area contributed by atoms with Crippen molar-refractivity contribution in [2.45, 2.75) is 40.2 Å². The zero-order chi connectivity index (χ0) is 17.5. The van der Waals surface area contributed by atoms with Gasteiger partial charge in [-0.2, -0.15) is 0 Å². The average Bonchev–Trinajstić information content (AvgIpc) is 2.55. The van der Waals surface area contributed by atoms with Gasteiger partial charge in [-0.05, 0) is 62.6 Å². The minimum atomic E-state index is -0.0714. The van der Waals surface area contributed by atoms with E-state index < -0.39 is 0 Å². The van der Waals surface area contributed by atoms with Crippen molar-refractivity contribution in [3.05, 3.63) is 53.6 Å². The Morgan fingerprint density at radius 1 is 1.12 bits per heavy atom. The molecule has 0 aliphatic heterocycles. The van der Waals surface area contributed by atoms with Crippen molar-refractivity contribution >= 4 is 17.3 Å². The maximum absolute atomic E-state index is 12.2. The molecule has 128 valence electrons. The highest BCUT2D eigenvalue weighted by atomic mass is 16.5. The van der Waals surface area contributed by atoms with E-state index in [4.69, 9.17) is 4.74 Å². The van der Waals surface area contributed by atoms with Crippen LogP contribution in [0.4, 0.5) is 11.4 Å². The minimum absolute atomic E-state index is 0.0714. The summed E-state index contributed by atoms with van der Waals surface area (Å²) in [5.41, 5.74) is 4.18. The predicted molar refractivity (Wildman–Crippen MR) is 99.9 cm³/mol. The molecule has 24 heavy (non-hydrogen) atoms. The number of aryl methyl sites for hydroxylation is 2. The van der Waals surface area contributed by atoms with E-state index in [1.54, 1.807) is 0 Å². The molecule has 2 aromatic carbocycles. The van der Waals surface area contributed by atoms with Crippen molar-refractivity contribution in [2.75, 3.05) is 17.2 Å². The molecular weight excluding hydrogens is 300 g/mol. The highest BCUT2D eigenvalue weighted by Crippen LogP contribution is 2.21. The van der Waals surface area contributed by atoms with E-state index in [1.165, 1.54) is 5.56 Å². The van der Waals surface area contributed by atoms with Crippen LogP contribution in [0, 0.1) is 6.92 Å². The minimum Gasteiger partial charge on any atom is -0.491 e. The Kier molecular flexibility index (Phi) is 6.24. The van der Waals surface area contributed by atoms with Crippen LogP contribution in [-0.4, -0.2) is 18.6 Å². The third-order valence-electron chi connectivity index (χ3n) is 3.68. The molecule has 0 radical (unpaired) electrons. The number of amides is 1. The van der Waals surface area contributed by atoms with E-state index in [9.17, 15) is 4.79 Å². The lowest BCUT2D eigenvalue weighted by molar-refractivity contribution is -0.114. The summed E-state index contributed by atoms with van der Waals surface area (Å²) in [5, 5.41) is 6.15. The lowest BCUT2D eigenvalue weighted by atomic mass is 10.1. The summed E-state index contributed by atoms with van der Waals surface area (Å²) in [6, 6.07) is 13.6. The standard InChI is InChI=1S/C20H26N2O2/c1-5-16-8-6-7-15(4)20(16)21-13-19(23)22-17-9-11-18(12-10-17)24-14(2)3/h6-12,14,21H,5,13H2,1-4H3,(H,22,23). The largest absolute Gasteiger partial charge is 0.491 e. The zero-order valence-electron chi connectivity index (χ0n) is 14.8. The monoisotopic (exact) mass is 326 g/mol. The van der Waals surface area contributed by atoms with Gasteiger partial charge in [-0.15, -0.1) is 0 Å². The second-order valence-electron chi connectivity index (χ2n) is 6.06. The smallest absolute Gasteiger partial charge is 0.243 e. The van der Waals surface area contributed by atoms with Gasteiger partial charge in [-0.25, -0.2) is 0 Å². The Hall–Kier alpha value is -2.49. The number of hydrogen-bond acceptors (Lipinski definition) is 3. The number of benzene rings is 2. The lowest BCUT2D eigenvalue weighted by Crippen LogP contribution is -2.22. The average molecular weight is 326 g/mol. The third kappa shape index (κ3) is 5.01. The third-order valence-corrected chi connectivity index (χ3v) is 3.68. The van der Waals surface area contributed by atoms with Crippen LogP contribution in [0.25, 0.3) is 0 Å². The first-order valence-corrected chi connectivity index (χ1v) is 8.38. The van der Waals surface area contributed by atoms with Gasteiger partial charge >= 0.3 is 0 Å². The van der Waals surface area contributed by atoms with Gasteiger partial charge in [0.25, 0.3) is 0 Å². The van der Waals surface area contributed by atoms with E-state index in [-0.39, 0.29) is 18.6 Å². The summed E-state index contributed by atoms with van der Waals surface area (Å²) in [6.45, 7) is 8.37. The zero-order valence-corrected chi connectivity index (χ0v) is 14.8. The quantitative estimate of drug-likeness (QED) is 0.793. The van der Waals surface area contributed by atoms with Gasteiger partial charge in [0.05, 0.1) is 12.6 Å². The topological polar surface area (TPSA) is 50.4 Å². The van der Waals surface area contributed by atoms with Gasteiger partial charge < -0.3 is 15.4 Å². The summed E-state index contributed by atoms with van der Waals surface area (Å²) < 4.78 is 5.59. The lowest BCUT2D eigenvalue weighted by Gasteiger charge is -2.14. The number of rotatable bonds is 7. The van der Waals surface area contributed by atoms with Crippen LogP contribution >= 0.6 is 0 Å². The van der Waals surface area contributed by atoms with Crippen LogP contribution < -0.4 is 15.4 Å².